The summed E-state index contributed by atoms with van der Waals surface area (Å²) in [5.74, 6) is 0. The van der Waals surface area contributed by atoms with Crippen LogP contribution in [0, 0.1) is 0 Å². The van der Waals surface area contributed by atoms with Crippen LogP contribution in [-0.2, 0) is 6.54 Å². The van der Waals surface area contributed by atoms with Crippen LogP contribution >= 0.6 is 11.6 Å². The molecule has 0 bridgehead atoms. The first-order valence-corrected chi connectivity index (χ1v) is 5.74. The van der Waals surface area contributed by atoms with Gasteiger partial charge in [-0.05, 0) is 36.8 Å². The summed E-state index contributed by atoms with van der Waals surface area (Å²) in [7, 11) is 0. The molecule has 1 aromatic carbocycles. The van der Waals surface area contributed by atoms with Crippen LogP contribution < -0.4 is 5.32 Å². The second kappa shape index (κ2) is 5.19. The lowest BCUT2D eigenvalue weighted by atomic mass is 10.1. The zero-order valence-corrected chi connectivity index (χ0v) is 9.96. The Labute approximate surface area is 101 Å². The molecule has 1 unspecified atom stereocenters. The van der Waals surface area contributed by atoms with Crippen molar-refractivity contribution in [3.8, 4) is 0 Å². The van der Waals surface area contributed by atoms with Crippen molar-refractivity contribution in [2.24, 2.45) is 0 Å². The standard InChI is InChI=1S/C13H15ClN2/c1-10(11-4-6-12(14)7-5-11)16-9-13-3-2-8-15-13/h2-8,10,15-16H,9H2,1H3. The van der Waals surface area contributed by atoms with Gasteiger partial charge < -0.3 is 10.3 Å². The van der Waals surface area contributed by atoms with E-state index in [1.54, 1.807) is 0 Å². The van der Waals surface area contributed by atoms with E-state index in [9.17, 15) is 0 Å². The summed E-state index contributed by atoms with van der Waals surface area (Å²) in [6.45, 7) is 2.99. The molecule has 1 atom stereocenters. The number of aromatic nitrogens is 1. The molecule has 0 spiro atoms. The van der Waals surface area contributed by atoms with Crippen molar-refractivity contribution in [2.45, 2.75) is 19.5 Å². The highest BCUT2D eigenvalue weighted by atomic mass is 35.5. The molecule has 0 amide bonds. The van der Waals surface area contributed by atoms with Crippen LogP contribution in [0.25, 0.3) is 0 Å². The van der Waals surface area contributed by atoms with Crippen LogP contribution in [0.3, 0.4) is 0 Å². The van der Waals surface area contributed by atoms with Gasteiger partial charge in [-0.3, -0.25) is 0 Å². The Hall–Kier alpha value is -1.25. The van der Waals surface area contributed by atoms with Gasteiger partial charge in [-0.1, -0.05) is 23.7 Å². The molecule has 0 aliphatic rings. The van der Waals surface area contributed by atoms with Gasteiger partial charge in [0.15, 0.2) is 0 Å². The molecule has 2 N–H and O–H groups in total. The summed E-state index contributed by atoms with van der Waals surface area (Å²) < 4.78 is 0. The number of hydrogen-bond acceptors (Lipinski definition) is 1. The van der Waals surface area contributed by atoms with Crippen molar-refractivity contribution in [2.75, 3.05) is 0 Å². The monoisotopic (exact) mass is 234 g/mol. The zero-order valence-electron chi connectivity index (χ0n) is 9.20. The topological polar surface area (TPSA) is 27.8 Å². The van der Waals surface area contributed by atoms with Gasteiger partial charge in [0.05, 0.1) is 0 Å². The largest absolute Gasteiger partial charge is 0.364 e. The minimum Gasteiger partial charge on any atom is -0.364 e. The molecule has 1 aromatic heterocycles. The Bertz CT molecular complexity index is 420. The molecule has 2 aromatic rings. The molecule has 0 fully saturated rings. The highest BCUT2D eigenvalue weighted by molar-refractivity contribution is 6.30. The Morgan fingerprint density at radius 2 is 2.00 bits per heavy atom. The van der Waals surface area contributed by atoms with E-state index >= 15 is 0 Å². The van der Waals surface area contributed by atoms with Crippen molar-refractivity contribution in [1.29, 1.82) is 0 Å². The molecule has 16 heavy (non-hydrogen) atoms. The van der Waals surface area contributed by atoms with Gasteiger partial charge >= 0.3 is 0 Å². The van der Waals surface area contributed by atoms with Gasteiger partial charge in [0.1, 0.15) is 0 Å². The zero-order chi connectivity index (χ0) is 11.4. The minimum atomic E-state index is 0.320. The number of halogens is 1. The molecule has 2 nitrogen and oxygen atoms in total. The fraction of sp³-hybridized carbons (Fsp3) is 0.231. The molecule has 2 rings (SSSR count). The average Bonchev–Trinajstić information content (AvgIpc) is 2.80. The third-order valence-electron chi connectivity index (χ3n) is 2.63. The molecular weight excluding hydrogens is 220 g/mol. The SMILES string of the molecule is CC(NCc1ccc[nH]1)c1ccc(Cl)cc1. The lowest BCUT2D eigenvalue weighted by Crippen LogP contribution is -2.18. The van der Waals surface area contributed by atoms with E-state index in [0.717, 1.165) is 11.6 Å². The second-order valence-corrected chi connectivity index (χ2v) is 4.29. The minimum absolute atomic E-state index is 0.320. The fourth-order valence-corrected chi connectivity index (χ4v) is 1.74. The number of nitrogens with one attached hydrogen (secondary N) is 2. The number of aromatic amines is 1. The number of benzene rings is 1. The molecule has 0 aliphatic heterocycles. The van der Waals surface area contributed by atoms with Crippen LogP contribution in [0.4, 0.5) is 0 Å². The van der Waals surface area contributed by atoms with E-state index in [-0.39, 0.29) is 0 Å². The van der Waals surface area contributed by atoms with Gasteiger partial charge in [0.25, 0.3) is 0 Å². The lowest BCUT2D eigenvalue weighted by Gasteiger charge is -2.13. The maximum Gasteiger partial charge on any atom is 0.0406 e. The molecule has 0 saturated heterocycles. The molecular formula is C13H15ClN2. The van der Waals surface area contributed by atoms with E-state index < -0.39 is 0 Å². The number of rotatable bonds is 4. The smallest absolute Gasteiger partial charge is 0.0406 e. The van der Waals surface area contributed by atoms with Crippen molar-refractivity contribution >= 4 is 11.6 Å². The van der Waals surface area contributed by atoms with E-state index in [2.05, 4.69) is 35.4 Å². The second-order valence-electron chi connectivity index (χ2n) is 3.85. The maximum atomic E-state index is 5.85. The lowest BCUT2D eigenvalue weighted by molar-refractivity contribution is 0.569. The molecule has 0 radical (unpaired) electrons. The van der Waals surface area contributed by atoms with Crippen LogP contribution in [-0.4, -0.2) is 4.98 Å². The third-order valence-corrected chi connectivity index (χ3v) is 2.88. The van der Waals surface area contributed by atoms with Gasteiger partial charge in [-0.25, -0.2) is 0 Å². The van der Waals surface area contributed by atoms with Crippen molar-refractivity contribution in [1.82, 2.24) is 10.3 Å². The predicted octanol–water partition coefficient (Wildman–Crippen LogP) is 3.52. The van der Waals surface area contributed by atoms with Gasteiger partial charge in [-0.15, -0.1) is 0 Å². The van der Waals surface area contributed by atoms with Crippen LogP contribution in [0.2, 0.25) is 5.02 Å². The van der Waals surface area contributed by atoms with E-state index in [4.69, 9.17) is 11.6 Å². The maximum absolute atomic E-state index is 5.85. The Morgan fingerprint density at radius 3 is 2.62 bits per heavy atom. The summed E-state index contributed by atoms with van der Waals surface area (Å²) in [5, 5.41) is 4.22. The number of hydrogen-bond donors (Lipinski definition) is 2. The first kappa shape index (κ1) is 11.2. The normalized spacial score (nSPS) is 12.6. The first-order chi connectivity index (χ1) is 7.75. The quantitative estimate of drug-likeness (QED) is 0.833. The third kappa shape index (κ3) is 2.87. The predicted molar refractivity (Wildman–Crippen MR) is 67.5 cm³/mol. The summed E-state index contributed by atoms with van der Waals surface area (Å²) in [6, 6.07) is 12.3. The van der Waals surface area contributed by atoms with Crippen LogP contribution in [0.15, 0.2) is 42.6 Å². The summed E-state index contributed by atoms with van der Waals surface area (Å²) in [6.07, 6.45) is 1.93. The Balaban J connectivity index is 1.93. The first-order valence-electron chi connectivity index (χ1n) is 5.37. The van der Waals surface area contributed by atoms with E-state index in [1.807, 2.05) is 24.4 Å². The van der Waals surface area contributed by atoms with E-state index in [1.165, 1.54) is 11.3 Å². The van der Waals surface area contributed by atoms with Crippen LogP contribution in [0.5, 0.6) is 0 Å². The Kier molecular flexibility index (Phi) is 3.65. The molecule has 3 heteroatoms. The average molecular weight is 235 g/mol. The van der Waals surface area contributed by atoms with Crippen molar-refractivity contribution in [3.63, 3.8) is 0 Å². The molecule has 1 heterocycles. The fourth-order valence-electron chi connectivity index (χ4n) is 1.61. The molecule has 84 valence electrons. The van der Waals surface area contributed by atoms with Gasteiger partial charge in [0.2, 0.25) is 0 Å². The summed E-state index contributed by atoms with van der Waals surface area (Å²) in [4.78, 5) is 3.17. The molecule has 0 aliphatic carbocycles. The van der Waals surface area contributed by atoms with Gasteiger partial charge in [0, 0.05) is 29.5 Å². The Morgan fingerprint density at radius 1 is 1.25 bits per heavy atom. The summed E-state index contributed by atoms with van der Waals surface area (Å²) in [5.41, 5.74) is 2.44. The highest BCUT2D eigenvalue weighted by Crippen LogP contribution is 2.16. The number of H-pyrrole nitrogens is 1. The van der Waals surface area contributed by atoms with Crippen LogP contribution in [0.1, 0.15) is 24.2 Å². The van der Waals surface area contributed by atoms with Crippen molar-refractivity contribution in [3.05, 3.63) is 58.9 Å². The highest BCUT2D eigenvalue weighted by Gasteiger charge is 2.04. The van der Waals surface area contributed by atoms with Gasteiger partial charge in [-0.2, -0.15) is 0 Å². The summed E-state index contributed by atoms with van der Waals surface area (Å²) >= 11 is 5.85. The van der Waals surface area contributed by atoms with Crippen molar-refractivity contribution < 1.29 is 0 Å². The molecule has 0 saturated carbocycles. The van der Waals surface area contributed by atoms with E-state index in [0.29, 0.717) is 6.04 Å².